The quantitative estimate of drug-likeness (QED) is 0.875. The van der Waals surface area contributed by atoms with Gasteiger partial charge in [0.25, 0.3) is 0 Å². The van der Waals surface area contributed by atoms with Crippen LogP contribution in [0.25, 0.3) is 0 Å². The predicted molar refractivity (Wildman–Crippen MR) is 68.5 cm³/mol. The van der Waals surface area contributed by atoms with Gasteiger partial charge in [0.2, 0.25) is 0 Å². The minimum Gasteiger partial charge on any atom is -0.304 e. The highest BCUT2D eigenvalue weighted by atomic mass is 32.1. The number of nitrogens with one attached hydrogen (secondary N) is 1. The molecule has 16 heavy (non-hydrogen) atoms. The summed E-state index contributed by atoms with van der Waals surface area (Å²) in [4.78, 5) is 4.26. The molecule has 1 aromatic carbocycles. The van der Waals surface area contributed by atoms with E-state index in [2.05, 4.69) is 48.4 Å². The Labute approximate surface area is 100 Å². The summed E-state index contributed by atoms with van der Waals surface area (Å²) in [5.74, 6) is 0. The Bertz CT molecular complexity index is 437. The fourth-order valence-corrected chi connectivity index (χ4v) is 2.21. The molecular weight excluding hydrogens is 216 g/mol. The standard InChI is InChI=1S/C13H16N2S/c1-10-4-3-5-12(8-10)11(2)15-9-13-14-6-7-16-13/h3-8,11,15H,9H2,1-2H3/t11-/m0/s1. The van der Waals surface area contributed by atoms with Gasteiger partial charge in [0, 0.05) is 24.2 Å². The Hall–Kier alpha value is -1.19. The van der Waals surface area contributed by atoms with Gasteiger partial charge < -0.3 is 5.32 Å². The van der Waals surface area contributed by atoms with Crippen LogP contribution in [0.3, 0.4) is 0 Å². The third-order valence-corrected chi connectivity index (χ3v) is 3.36. The number of benzene rings is 1. The van der Waals surface area contributed by atoms with Gasteiger partial charge in [0.15, 0.2) is 0 Å². The third kappa shape index (κ3) is 2.90. The minimum atomic E-state index is 0.365. The highest BCUT2D eigenvalue weighted by Gasteiger charge is 2.05. The molecule has 0 fully saturated rings. The molecule has 2 aromatic rings. The summed E-state index contributed by atoms with van der Waals surface area (Å²) < 4.78 is 0. The summed E-state index contributed by atoms with van der Waals surface area (Å²) in [5.41, 5.74) is 2.64. The molecule has 0 saturated carbocycles. The molecule has 0 spiro atoms. The van der Waals surface area contributed by atoms with Gasteiger partial charge in [-0.15, -0.1) is 11.3 Å². The summed E-state index contributed by atoms with van der Waals surface area (Å²) in [6, 6.07) is 8.97. The Kier molecular flexibility index (Phi) is 3.70. The Morgan fingerprint density at radius 1 is 1.44 bits per heavy atom. The van der Waals surface area contributed by atoms with Crippen LogP contribution in [0.5, 0.6) is 0 Å². The highest BCUT2D eigenvalue weighted by Crippen LogP contribution is 2.14. The zero-order valence-corrected chi connectivity index (χ0v) is 10.4. The van der Waals surface area contributed by atoms with Crippen LogP contribution >= 0.6 is 11.3 Å². The number of thiazole rings is 1. The van der Waals surface area contributed by atoms with Crippen molar-refractivity contribution >= 4 is 11.3 Å². The zero-order valence-electron chi connectivity index (χ0n) is 9.60. The second kappa shape index (κ2) is 5.23. The predicted octanol–water partition coefficient (Wildman–Crippen LogP) is 3.30. The van der Waals surface area contributed by atoms with E-state index in [0.717, 1.165) is 11.6 Å². The lowest BCUT2D eigenvalue weighted by molar-refractivity contribution is 0.573. The van der Waals surface area contributed by atoms with Gasteiger partial charge in [-0.25, -0.2) is 4.98 Å². The molecule has 3 heteroatoms. The Morgan fingerprint density at radius 2 is 2.31 bits per heavy atom. The summed E-state index contributed by atoms with van der Waals surface area (Å²) in [6.45, 7) is 5.15. The number of hydrogen-bond acceptors (Lipinski definition) is 3. The number of aromatic nitrogens is 1. The molecule has 0 aliphatic heterocycles. The van der Waals surface area contributed by atoms with Gasteiger partial charge in [0.1, 0.15) is 5.01 Å². The maximum atomic E-state index is 4.26. The van der Waals surface area contributed by atoms with Crippen molar-refractivity contribution in [1.82, 2.24) is 10.3 Å². The zero-order chi connectivity index (χ0) is 11.4. The number of aryl methyl sites for hydroxylation is 1. The molecule has 0 amide bonds. The smallest absolute Gasteiger partial charge is 0.106 e. The van der Waals surface area contributed by atoms with Crippen molar-refractivity contribution in [2.45, 2.75) is 26.4 Å². The van der Waals surface area contributed by atoms with E-state index in [1.54, 1.807) is 11.3 Å². The van der Waals surface area contributed by atoms with Crippen LogP contribution < -0.4 is 5.32 Å². The van der Waals surface area contributed by atoms with Crippen molar-refractivity contribution in [3.8, 4) is 0 Å². The van der Waals surface area contributed by atoms with Crippen molar-refractivity contribution in [3.63, 3.8) is 0 Å². The van der Waals surface area contributed by atoms with E-state index >= 15 is 0 Å². The maximum Gasteiger partial charge on any atom is 0.106 e. The van der Waals surface area contributed by atoms with Crippen molar-refractivity contribution in [2.75, 3.05) is 0 Å². The van der Waals surface area contributed by atoms with E-state index in [1.807, 2.05) is 11.6 Å². The summed E-state index contributed by atoms with van der Waals surface area (Å²) in [7, 11) is 0. The average Bonchev–Trinajstić information content (AvgIpc) is 2.78. The van der Waals surface area contributed by atoms with E-state index in [-0.39, 0.29) is 0 Å². The number of hydrogen-bond donors (Lipinski definition) is 1. The third-order valence-electron chi connectivity index (χ3n) is 2.59. The fourth-order valence-electron chi connectivity index (χ4n) is 1.64. The molecule has 2 nitrogen and oxygen atoms in total. The molecule has 0 bridgehead atoms. The van der Waals surface area contributed by atoms with Crippen LogP contribution in [0.15, 0.2) is 35.8 Å². The fraction of sp³-hybridized carbons (Fsp3) is 0.308. The molecule has 0 radical (unpaired) electrons. The van der Waals surface area contributed by atoms with Crippen molar-refractivity contribution in [2.24, 2.45) is 0 Å². The molecule has 1 heterocycles. The van der Waals surface area contributed by atoms with E-state index in [9.17, 15) is 0 Å². The van der Waals surface area contributed by atoms with Gasteiger partial charge in [0.05, 0.1) is 0 Å². The van der Waals surface area contributed by atoms with Crippen LogP contribution in [0.1, 0.15) is 29.1 Å². The number of rotatable bonds is 4. The van der Waals surface area contributed by atoms with Crippen LogP contribution in [-0.4, -0.2) is 4.98 Å². The van der Waals surface area contributed by atoms with Gasteiger partial charge in [-0.05, 0) is 19.4 Å². The van der Waals surface area contributed by atoms with Crippen molar-refractivity contribution in [1.29, 1.82) is 0 Å². The molecule has 2 rings (SSSR count). The highest BCUT2D eigenvalue weighted by molar-refractivity contribution is 7.09. The lowest BCUT2D eigenvalue weighted by Gasteiger charge is -2.13. The lowest BCUT2D eigenvalue weighted by atomic mass is 10.1. The molecule has 1 atom stereocenters. The molecular formula is C13H16N2S. The second-order valence-electron chi connectivity index (χ2n) is 3.94. The topological polar surface area (TPSA) is 24.9 Å². The first-order valence-corrected chi connectivity index (χ1v) is 6.32. The van der Waals surface area contributed by atoms with Gasteiger partial charge in [-0.2, -0.15) is 0 Å². The van der Waals surface area contributed by atoms with E-state index in [0.29, 0.717) is 6.04 Å². The normalized spacial score (nSPS) is 12.6. The molecule has 1 aromatic heterocycles. The first-order chi connectivity index (χ1) is 7.75. The van der Waals surface area contributed by atoms with Crippen LogP contribution in [0.4, 0.5) is 0 Å². The summed E-state index contributed by atoms with van der Waals surface area (Å²) in [5, 5.41) is 6.62. The van der Waals surface area contributed by atoms with E-state index in [1.165, 1.54) is 11.1 Å². The monoisotopic (exact) mass is 232 g/mol. The van der Waals surface area contributed by atoms with Gasteiger partial charge >= 0.3 is 0 Å². The van der Waals surface area contributed by atoms with Crippen LogP contribution in [0, 0.1) is 6.92 Å². The number of nitrogens with zero attached hydrogens (tertiary/aromatic N) is 1. The first kappa shape index (κ1) is 11.3. The summed E-state index contributed by atoms with van der Waals surface area (Å²) in [6.07, 6.45) is 1.85. The molecule has 0 saturated heterocycles. The second-order valence-corrected chi connectivity index (χ2v) is 4.92. The molecule has 84 valence electrons. The Morgan fingerprint density at radius 3 is 3.00 bits per heavy atom. The van der Waals surface area contributed by atoms with Crippen molar-refractivity contribution in [3.05, 3.63) is 52.0 Å². The molecule has 0 unspecified atom stereocenters. The van der Waals surface area contributed by atoms with Gasteiger partial charge in [-0.3, -0.25) is 0 Å². The molecule has 0 aliphatic carbocycles. The van der Waals surface area contributed by atoms with Crippen LogP contribution in [-0.2, 0) is 6.54 Å². The maximum absolute atomic E-state index is 4.26. The minimum absolute atomic E-state index is 0.365. The molecule has 0 aliphatic rings. The average molecular weight is 232 g/mol. The SMILES string of the molecule is Cc1cccc([C@H](C)NCc2nccs2)c1. The Balaban J connectivity index is 1.95. The first-order valence-electron chi connectivity index (χ1n) is 5.44. The van der Waals surface area contributed by atoms with Crippen molar-refractivity contribution < 1.29 is 0 Å². The lowest BCUT2D eigenvalue weighted by Crippen LogP contribution is -2.17. The van der Waals surface area contributed by atoms with Gasteiger partial charge in [-0.1, -0.05) is 29.8 Å². The van der Waals surface area contributed by atoms with E-state index in [4.69, 9.17) is 0 Å². The van der Waals surface area contributed by atoms with E-state index < -0.39 is 0 Å². The molecule has 1 N–H and O–H groups in total. The van der Waals surface area contributed by atoms with Crippen LogP contribution in [0.2, 0.25) is 0 Å². The summed E-state index contributed by atoms with van der Waals surface area (Å²) >= 11 is 1.69. The largest absolute Gasteiger partial charge is 0.304 e.